The molecule has 9 unspecified atom stereocenters. The van der Waals surface area contributed by atoms with Crippen molar-refractivity contribution < 1.29 is 9.53 Å². The van der Waals surface area contributed by atoms with Crippen LogP contribution in [0.3, 0.4) is 0 Å². The van der Waals surface area contributed by atoms with E-state index in [-0.39, 0.29) is 11.5 Å². The van der Waals surface area contributed by atoms with E-state index in [1.165, 1.54) is 69.8 Å². The monoisotopic (exact) mass is 468 g/mol. The summed E-state index contributed by atoms with van der Waals surface area (Å²) in [6.07, 6.45) is 15.0. The van der Waals surface area contributed by atoms with Crippen molar-refractivity contribution in [3.63, 3.8) is 0 Å². The molecule has 0 aliphatic heterocycles. The van der Waals surface area contributed by atoms with Crippen LogP contribution in [-0.2, 0) is 9.53 Å². The molecule has 2 nitrogen and oxygen atoms in total. The van der Waals surface area contributed by atoms with E-state index in [0.29, 0.717) is 34.1 Å². The summed E-state index contributed by atoms with van der Waals surface area (Å²) in [6, 6.07) is 0. The molecule has 0 aromatic heterocycles. The summed E-state index contributed by atoms with van der Waals surface area (Å²) in [4.78, 5) is 11.2. The van der Waals surface area contributed by atoms with Gasteiger partial charge in [0.2, 0.25) is 0 Å². The average molecular weight is 469 g/mol. The van der Waals surface area contributed by atoms with E-state index in [1.807, 2.05) is 0 Å². The van der Waals surface area contributed by atoms with Crippen molar-refractivity contribution in [1.82, 2.24) is 0 Å². The average Bonchev–Trinajstić information content (AvgIpc) is 3.36. The predicted octanol–water partition coefficient (Wildman–Crippen LogP) is 8.60. The molecule has 0 aromatic carbocycles. The lowest BCUT2D eigenvalue weighted by Gasteiger charge is -2.63. The van der Waals surface area contributed by atoms with Gasteiger partial charge in [-0.15, -0.1) is 0 Å². The molecule has 5 saturated carbocycles. The second kappa shape index (κ2) is 7.85. The summed E-state index contributed by atoms with van der Waals surface area (Å²) in [5, 5.41) is 0. The molecule has 0 amide bonds. The zero-order valence-corrected chi connectivity index (χ0v) is 23.3. The minimum absolute atomic E-state index is 0.108. The Kier molecular flexibility index (Phi) is 5.75. The van der Waals surface area contributed by atoms with Crippen LogP contribution in [0.25, 0.3) is 0 Å². The van der Waals surface area contributed by atoms with Crippen LogP contribution in [0.4, 0.5) is 0 Å². The Labute approximate surface area is 210 Å². The van der Waals surface area contributed by atoms with Gasteiger partial charge in [-0.1, -0.05) is 60.6 Å². The third-order valence-electron chi connectivity index (χ3n) is 13.8. The lowest BCUT2D eigenvalue weighted by atomic mass is 9.41. The Morgan fingerprint density at radius 3 is 2.26 bits per heavy atom. The van der Waals surface area contributed by atoms with Crippen LogP contribution in [0.5, 0.6) is 0 Å². The molecular weight excluding hydrogens is 416 g/mol. The van der Waals surface area contributed by atoms with Crippen LogP contribution in [0.15, 0.2) is 12.2 Å². The topological polar surface area (TPSA) is 26.3 Å². The lowest BCUT2D eigenvalue weighted by molar-refractivity contribution is -0.174. The third-order valence-corrected chi connectivity index (χ3v) is 13.8. The molecule has 0 bridgehead atoms. The first kappa shape index (κ1) is 24.9. The van der Waals surface area contributed by atoms with Crippen LogP contribution in [0, 0.1) is 56.7 Å². The second-order valence-electron chi connectivity index (χ2n) is 15.1. The zero-order valence-electron chi connectivity index (χ0n) is 23.3. The van der Waals surface area contributed by atoms with Gasteiger partial charge >= 0.3 is 0 Å². The van der Waals surface area contributed by atoms with Crippen molar-refractivity contribution in [2.45, 2.75) is 125 Å². The number of ether oxygens (including phenoxy) is 1. The van der Waals surface area contributed by atoms with Gasteiger partial charge in [-0.05, 0) is 122 Å². The van der Waals surface area contributed by atoms with Gasteiger partial charge in [-0.2, -0.15) is 0 Å². The molecule has 5 aliphatic carbocycles. The van der Waals surface area contributed by atoms with Crippen LogP contribution in [0.2, 0.25) is 0 Å². The van der Waals surface area contributed by atoms with Crippen LogP contribution >= 0.6 is 0 Å². The Balaban J connectivity index is 1.38. The number of carbonyl (C=O) groups is 1. The molecule has 0 N–H and O–H groups in total. The van der Waals surface area contributed by atoms with E-state index < -0.39 is 0 Å². The van der Waals surface area contributed by atoms with Crippen molar-refractivity contribution >= 4 is 6.47 Å². The van der Waals surface area contributed by atoms with E-state index in [4.69, 9.17) is 4.74 Å². The highest BCUT2D eigenvalue weighted by molar-refractivity contribution is 5.38. The largest absolute Gasteiger partial charge is 0.464 e. The fourth-order valence-electron chi connectivity index (χ4n) is 11.5. The van der Waals surface area contributed by atoms with Crippen molar-refractivity contribution in [2.24, 2.45) is 56.7 Å². The highest BCUT2D eigenvalue weighted by atomic mass is 16.5. The van der Waals surface area contributed by atoms with Gasteiger partial charge in [0.15, 0.2) is 0 Å². The summed E-state index contributed by atoms with van der Waals surface area (Å²) >= 11 is 0. The summed E-state index contributed by atoms with van der Waals surface area (Å²) in [5.74, 6) is 3.91. The summed E-state index contributed by atoms with van der Waals surface area (Å²) in [6.45, 7) is 22.5. The van der Waals surface area contributed by atoms with E-state index in [2.05, 4.69) is 55.0 Å². The molecular formula is C32H52O2. The maximum Gasteiger partial charge on any atom is 0.293 e. The lowest BCUT2D eigenvalue weighted by Crippen LogP contribution is -2.57. The first-order chi connectivity index (χ1) is 15.9. The molecule has 9 atom stereocenters. The fraction of sp³-hybridized carbons (Fsp3) is 0.906. The first-order valence-electron chi connectivity index (χ1n) is 14.7. The second-order valence-corrected chi connectivity index (χ2v) is 15.1. The van der Waals surface area contributed by atoms with Crippen molar-refractivity contribution in [3.8, 4) is 0 Å². The molecule has 192 valence electrons. The zero-order chi connectivity index (χ0) is 24.7. The molecule has 5 fully saturated rings. The molecule has 0 saturated heterocycles. The van der Waals surface area contributed by atoms with Gasteiger partial charge in [-0.25, -0.2) is 0 Å². The highest BCUT2D eigenvalue weighted by Crippen LogP contribution is 2.89. The first-order valence-corrected chi connectivity index (χ1v) is 14.7. The number of allylic oxidation sites excluding steroid dienone is 1. The molecule has 0 aromatic rings. The van der Waals surface area contributed by atoms with E-state index in [0.717, 1.165) is 30.1 Å². The van der Waals surface area contributed by atoms with E-state index in [9.17, 15) is 4.79 Å². The van der Waals surface area contributed by atoms with E-state index in [1.54, 1.807) is 0 Å². The van der Waals surface area contributed by atoms with Gasteiger partial charge in [0.25, 0.3) is 6.47 Å². The van der Waals surface area contributed by atoms with Crippen molar-refractivity contribution in [3.05, 3.63) is 12.2 Å². The van der Waals surface area contributed by atoms with Crippen LogP contribution in [-0.4, -0.2) is 12.6 Å². The van der Waals surface area contributed by atoms with Gasteiger partial charge in [0.05, 0.1) is 0 Å². The minimum atomic E-state index is 0.108. The number of carbonyl (C=O) groups excluding carboxylic acids is 1. The number of hydrogen-bond donors (Lipinski definition) is 0. The van der Waals surface area contributed by atoms with Gasteiger partial charge in [0, 0.05) is 5.41 Å². The smallest absolute Gasteiger partial charge is 0.293 e. The molecule has 5 rings (SSSR count). The van der Waals surface area contributed by atoms with Gasteiger partial charge in [0.1, 0.15) is 6.10 Å². The Bertz CT molecular complexity index is 842. The van der Waals surface area contributed by atoms with Crippen molar-refractivity contribution in [2.75, 3.05) is 0 Å². The SMILES string of the molecule is C=C(CCC(C)C1CCC2(C)C3CCC4C(C)(C)C(OC=O)CCC45CC35CCC12C)C(C)C. The third kappa shape index (κ3) is 3.01. The fourth-order valence-corrected chi connectivity index (χ4v) is 11.5. The normalized spacial score (nSPS) is 49.3. The molecule has 0 heterocycles. The van der Waals surface area contributed by atoms with E-state index >= 15 is 0 Å². The number of hydrogen-bond acceptors (Lipinski definition) is 2. The minimum Gasteiger partial charge on any atom is -0.464 e. The Morgan fingerprint density at radius 2 is 1.59 bits per heavy atom. The molecule has 34 heavy (non-hydrogen) atoms. The maximum absolute atomic E-state index is 11.2. The highest BCUT2D eigenvalue weighted by Gasteiger charge is 2.82. The van der Waals surface area contributed by atoms with Crippen LogP contribution in [0.1, 0.15) is 119 Å². The Morgan fingerprint density at radius 1 is 0.912 bits per heavy atom. The van der Waals surface area contributed by atoms with Gasteiger partial charge < -0.3 is 4.74 Å². The molecule has 2 heteroatoms. The maximum atomic E-state index is 11.2. The summed E-state index contributed by atoms with van der Waals surface area (Å²) in [5.41, 5.74) is 3.65. The summed E-state index contributed by atoms with van der Waals surface area (Å²) in [7, 11) is 0. The quantitative estimate of drug-likeness (QED) is 0.276. The predicted molar refractivity (Wildman–Crippen MR) is 140 cm³/mol. The summed E-state index contributed by atoms with van der Waals surface area (Å²) < 4.78 is 5.66. The molecule has 5 aliphatic rings. The van der Waals surface area contributed by atoms with Crippen molar-refractivity contribution in [1.29, 1.82) is 0 Å². The number of rotatable bonds is 7. The molecule has 2 spiro atoms. The van der Waals surface area contributed by atoms with Crippen LogP contribution < -0.4 is 0 Å². The van der Waals surface area contributed by atoms with Gasteiger partial charge in [-0.3, -0.25) is 4.79 Å². The molecule has 0 radical (unpaired) electrons. The number of fused-ring (bicyclic) bond motifs is 2. The standard InChI is InChI=1S/C32H52O2/c1-21(2)22(3)9-10-23(4)24-13-15-30(8)26-12-11-25-28(5,6)27(34-20-33)14-16-31(25)19-32(26,31)18-17-29(24,30)7/h20-21,23-27H,3,9-19H2,1-2,4-8H3. The Hall–Kier alpha value is -0.790.